The smallest absolute Gasteiger partial charge is 0.308 e. The summed E-state index contributed by atoms with van der Waals surface area (Å²) in [5, 5.41) is 5.70. The van der Waals surface area contributed by atoms with E-state index in [4.69, 9.17) is 0 Å². The number of rotatable bonds is 3. The lowest BCUT2D eigenvalue weighted by molar-refractivity contribution is 0.262. The van der Waals surface area contributed by atoms with Crippen LogP contribution in [0.3, 0.4) is 0 Å². The molecule has 0 aromatic heterocycles. The van der Waals surface area contributed by atoms with Crippen LogP contribution in [-0.4, -0.2) is 6.03 Å². The summed E-state index contributed by atoms with van der Waals surface area (Å²) in [5.74, 6) is 0. The van der Waals surface area contributed by atoms with E-state index in [-0.39, 0.29) is 6.03 Å². The summed E-state index contributed by atoms with van der Waals surface area (Å²) < 4.78 is 0. The van der Waals surface area contributed by atoms with Crippen molar-refractivity contribution >= 4 is 17.4 Å². The Balaban J connectivity index is 2.01. The van der Waals surface area contributed by atoms with Crippen LogP contribution in [0.2, 0.25) is 0 Å². The van der Waals surface area contributed by atoms with Gasteiger partial charge in [-0.1, -0.05) is 36.8 Å². The molecule has 2 rings (SSSR count). The van der Waals surface area contributed by atoms with Gasteiger partial charge in [0.2, 0.25) is 0 Å². The van der Waals surface area contributed by atoms with Gasteiger partial charge >= 0.3 is 6.03 Å². The molecule has 0 radical (unpaired) electrons. The standard InChI is InChI=1S/C17H20N2O/c1-4-14-6-8-15(9-7-14)18-17(20)19-16-10-5-12(2)11-13(16)3/h5-11H,4H2,1-3H3,(H2,18,19,20). The third-order valence-electron chi connectivity index (χ3n) is 3.25. The molecule has 2 N–H and O–H groups in total. The van der Waals surface area contributed by atoms with Crippen LogP contribution in [0, 0.1) is 13.8 Å². The van der Waals surface area contributed by atoms with Crippen molar-refractivity contribution in [1.82, 2.24) is 0 Å². The van der Waals surface area contributed by atoms with E-state index in [2.05, 4.69) is 17.6 Å². The van der Waals surface area contributed by atoms with Crippen LogP contribution in [0.15, 0.2) is 42.5 Å². The molecule has 0 aliphatic rings. The van der Waals surface area contributed by atoms with E-state index in [0.717, 1.165) is 23.4 Å². The molecule has 0 aliphatic carbocycles. The van der Waals surface area contributed by atoms with Crippen molar-refractivity contribution < 1.29 is 4.79 Å². The number of urea groups is 1. The fourth-order valence-electron chi connectivity index (χ4n) is 2.06. The molecule has 2 aromatic rings. The molecule has 2 amide bonds. The van der Waals surface area contributed by atoms with Crippen molar-refractivity contribution in [2.24, 2.45) is 0 Å². The summed E-state index contributed by atoms with van der Waals surface area (Å²) in [7, 11) is 0. The van der Waals surface area contributed by atoms with E-state index in [9.17, 15) is 4.79 Å². The van der Waals surface area contributed by atoms with Crippen molar-refractivity contribution in [3.05, 3.63) is 59.2 Å². The number of aryl methyl sites for hydroxylation is 3. The predicted molar refractivity (Wildman–Crippen MR) is 84.4 cm³/mol. The highest BCUT2D eigenvalue weighted by atomic mass is 16.2. The molecule has 20 heavy (non-hydrogen) atoms. The van der Waals surface area contributed by atoms with Crippen molar-refractivity contribution in [3.8, 4) is 0 Å². The third-order valence-corrected chi connectivity index (χ3v) is 3.25. The lowest BCUT2D eigenvalue weighted by atomic mass is 10.1. The topological polar surface area (TPSA) is 41.1 Å². The molecule has 3 nitrogen and oxygen atoms in total. The van der Waals surface area contributed by atoms with E-state index in [1.54, 1.807) is 0 Å². The summed E-state index contributed by atoms with van der Waals surface area (Å²) in [6.45, 7) is 6.13. The highest BCUT2D eigenvalue weighted by molar-refractivity contribution is 6.00. The lowest BCUT2D eigenvalue weighted by Crippen LogP contribution is -2.19. The van der Waals surface area contributed by atoms with Gasteiger partial charge in [-0.2, -0.15) is 0 Å². The summed E-state index contributed by atoms with van der Waals surface area (Å²) >= 11 is 0. The molecule has 2 aromatic carbocycles. The number of benzene rings is 2. The maximum absolute atomic E-state index is 12.0. The molecule has 0 spiro atoms. The molecule has 0 heterocycles. The Morgan fingerprint density at radius 2 is 1.70 bits per heavy atom. The Hall–Kier alpha value is -2.29. The number of carbonyl (C=O) groups excluding carboxylic acids is 1. The third kappa shape index (κ3) is 3.60. The van der Waals surface area contributed by atoms with Crippen molar-refractivity contribution in [3.63, 3.8) is 0 Å². The van der Waals surface area contributed by atoms with Crippen LogP contribution in [0.1, 0.15) is 23.6 Å². The minimum absolute atomic E-state index is 0.221. The van der Waals surface area contributed by atoms with E-state index in [0.29, 0.717) is 0 Å². The van der Waals surface area contributed by atoms with Crippen molar-refractivity contribution in [2.75, 3.05) is 10.6 Å². The number of carbonyl (C=O) groups is 1. The van der Waals surface area contributed by atoms with Gasteiger partial charge in [0, 0.05) is 11.4 Å². The molecule has 0 unspecified atom stereocenters. The lowest BCUT2D eigenvalue weighted by Gasteiger charge is -2.10. The van der Waals surface area contributed by atoms with Gasteiger partial charge in [0.05, 0.1) is 0 Å². The number of hydrogen-bond donors (Lipinski definition) is 2. The number of amides is 2. The highest BCUT2D eigenvalue weighted by Crippen LogP contribution is 2.17. The van der Waals surface area contributed by atoms with Gasteiger partial charge in [0.1, 0.15) is 0 Å². The van der Waals surface area contributed by atoms with E-state index in [1.165, 1.54) is 11.1 Å². The SMILES string of the molecule is CCc1ccc(NC(=O)Nc2ccc(C)cc2C)cc1. The zero-order valence-corrected chi connectivity index (χ0v) is 12.2. The summed E-state index contributed by atoms with van der Waals surface area (Å²) in [4.78, 5) is 12.0. The second-order valence-electron chi connectivity index (χ2n) is 4.95. The summed E-state index contributed by atoms with van der Waals surface area (Å²) in [6.07, 6.45) is 0.995. The van der Waals surface area contributed by atoms with Gasteiger partial charge in [-0.3, -0.25) is 0 Å². The molecule has 0 bridgehead atoms. The Kier molecular flexibility index (Phi) is 4.41. The minimum Gasteiger partial charge on any atom is -0.308 e. The Morgan fingerprint density at radius 3 is 2.30 bits per heavy atom. The Labute approximate surface area is 120 Å². The summed E-state index contributed by atoms with van der Waals surface area (Å²) in [5.41, 5.74) is 5.12. The molecule has 0 saturated heterocycles. The number of hydrogen-bond acceptors (Lipinski definition) is 1. The second-order valence-corrected chi connectivity index (χ2v) is 4.95. The average Bonchev–Trinajstić information content (AvgIpc) is 2.43. The molecule has 0 fully saturated rings. The molecule has 0 saturated carbocycles. The highest BCUT2D eigenvalue weighted by Gasteiger charge is 2.05. The van der Waals surface area contributed by atoms with Gasteiger partial charge in [-0.25, -0.2) is 4.79 Å². The van der Waals surface area contributed by atoms with Crippen LogP contribution in [-0.2, 0) is 6.42 Å². The molecule has 3 heteroatoms. The normalized spacial score (nSPS) is 10.2. The Bertz CT molecular complexity index is 603. The first-order chi connectivity index (χ1) is 9.58. The van der Waals surface area contributed by atoms with Gasteiger partial charge in [0.15, 0.2) is 0 Å². The van der Waals surface area contributed by atoms with Crippen LogP contribution in [0.4, 0.5) is 16.2 Å². The van der Waals surface area contributed by atoms with Crippen molar-refractivity contribution in [1.29, 1.82) is 0 Å². The van der Waals surface area contributed by atoms with Gasteiger partial charge < -0.3 is 10.6 Å². The molecule has 104 valence electrons. The molecule has 0 aliphatic heterocycles. The minimum atomic E-state index is -0.221. The number of anilines is 2. The van der Waals surface area contributed by atoms with Crippen LogP contribution < -0.4 is 10.6 Å². The zero-order valence-electron chi connectivity index (χ0n) is 12.2. The van der Waals surface area contributed by atoms with E-state index >= 15 is 0 Å². The first kappa shape index (κ1) is 14.1. The van der Waals surface area contributed by atoms with Crippen LogP contribution >= 0.6 is 0 Å². The van der Waals surface area contributed by atoms with E-state index < -0.39 is 0 Å². The fourth-order valence-corrected chi connectivity index (χ4v) is 2.06. The molecular weight excluding hydrogens is 248 g/mol. The number of nitrogens with one attached hydrogen (secondary N) is 2. The van der Waals surface area contributed by atoms with Crippen LogP contribution in [0.5, 0.6) is 0 Å². The van der Waals surface area contributed by atoms with E-state index in [1.807, 2.05) is 56.3 Å². The average molecular weight is 268 g/mol. The predicted octanol–water partition coefficient (Wildman–Crippen LogP) is 4.51. The molecular formula is C17H20N2O. The maximum Gasteiger partial charge on any atom is 0.323 e. The van der Waals surface area contributed by atoms with Gasteiger partial charge in [-0.15, -0.1) is 0 Å². The Morgan fingerprint density at radius 1 is 1.00 bits per heavy atom. The van der Waals surface area contributed by atoms with Crippen LogP contribution in [0.25, 0.3) is 0 Å². The monoisotopic (exact) mass is 268 g/mol. The largest absolute Gasteiger partial charge is 0.323 e. The second kappa shape index (κ2) is 6.24. The zero-order chi connectivity index (χ0) is 14.5. The maximum atomic E-state index is 12.0. The first-order valence-electron chi connectivity index (χ1n) is 6.82. The van der Waals surface area contributed by atoms with Gasteiger partial charge in [0.25, 0.3) is 0 Å². The van der Waals surface area contributed by atoms with Crippen molar-refractivity contribution in [2.45, 2.75) is 27.2 Å². The first-order valence-corrected chi connectivity index (χ1v) is 6.82. The summed E-state index contributed by atoms with van der Waals surface area (Å²) in [6, 6.07) is 13.6. The van der Waals surface area contributed by atoms with Gasteiger partial charge in [-0.05, 0) is 49.6 Å². The fraction of sp³-hybridized carbons (Fsp3) is 0.235. The molecule has 0 atom stereocenters. The quantitative estimate of drug-likeness (QED) is 0.844.